The van der Waals surface area contributed by atoms with Crippen LogP contribution in [0, 0.1) is 0 Å². The van der Waals surface area contributed by atoms with Crippen molar-refractivity contribution in [3.63, 3.8) is 0 Å². The molecule has 0 saturated heterocycles. The number of carboxylic acid groups (broad SMARTS) is 1. The summed E-state index contributed by atoms with van der Waals surface area (Å²) in [5.74, 6) is -0.789. The lowest BCUT2D eigenvalue weighted by molar-refractivity contribution is -0.147. The first kappa shape index (κ1) is 42.4. The maximum absolute atomic E-state index is 12.6. The van der Waals surface area contributed by atoms with Crippen LogP contribution in [0.1, 0.15) is 168 Å². The topological polar surface area (TPSA) is 63.6 Å². The second kappa shape index (κ2) is 35.9. The Hall–Kier alpha value is -2.62. The summed E-state index contributed by atoms with van der Waals surface area (Å²) in [6.07, 6.45) is 50.7. The van der Waals surface area contributed by atoms with Crippen molar-refractivity contribution in [2.45, 2.75) is 174 Å². The normalized spacial score (nSPS) is 13.1. The van der Waals surface area contributed by atoms with Gasteiger partial charge in [0.25, 0.3) is 0 Å². The maximum Gasteiger partial charge on any atom is 0.306 e. The van der Waals surface area contributed by atoms with Crippen LogP contribution in [0.25, 0.3) is 0 Å². The van der Waals surface area contributed by atoms with Gasteiger partial charge in [0.15, 0.2) is 0 Å². The second-order valence-electron chi connectivity index (χ2n) is 12.0. The van der Waals surface area contributed by atoms with Crippen LogP contribution < -0.4 is 0 Å². The van der Waals surface area contributed by atoms with E-state index >= 15 is 0 Å². The molecule has 4 nitrogen and oxygen atoms in total. The van der Waals surface area contributed by atoms with Crippen molar-refractivity contribution in [3.8, 4) is 0 Å². The zero-order valence-corrected chi connectivity index (χ0v) is 29.1. The summed E-state index contributed by atoms with van der Waals surface area (Å²) in [4.78, 5) is 23.2. The van der Waals surface area contributed by atoms with Crippen molar-refractivity contribution in [3.05, 3.63) is 72.9 Å². The standard InChI is InChI=1S/C41H68O4/c1-3-5-7-9-11-13-14-15-16-17-18-19-20-22-24-30-34-38-41(44)45-39(35-31-27-23-21-12-10-8-6-4-2)36-32-28-25-26-29-33-37-40(42)43/h5,7,11,13,15-16,18-19,21,23,31,35,39H,3-4,6,8-10,12,14,17,20,22,24-30,32-34,36-38H2,1-2H3,(H,42,43)/b7-5-,13-11-,16-15-,19-18-,23-21-,35-31-. The molecule has 0 radical (unpaired) electrons. The average Bonchev–Trinajstić information content (AvgIpc) is 3.02. The van der Waals surface area contributed by atoms with Crippen molar-refractivity contribution in [1.82, 2.24) is 0 Å². The van der Waals surface area contributed by atoms with Gasteiger partial charge in [0.1, 0.15) is 6.10 Å². The van der Waals surface area contributed by atoms with Gasteiger partial charge in [-0.1, -0.05) is 138 Å². The molecule has 0 aromatic heterocycles. The SMILES string of the molecule is CC/C=C\C/C=C\C/C=C\C/C=C\CCCCCCC(=O)OC(/C=C\C/C=C\CCCCCC)CCCCCCCCC(=O)O. The molecule has 1 unspecified atom stereocenters. The summed E-state index contributed by atoms with van der Waals surface area (Å²) in [6.45, 7) is 4.39. The number of carboxylic acids is 1. The van der Waals surface area contributed by atoms with Gasteiger partial charge in [-0.05, 0) is 89.5 Å². The van der Waals surface area contributed by atoms with E-state index in [1.807, 2.05) is 0 Å². The Morgan fingerprint density at radius 2 is 1.00 bits per heavy atom. The molecule has 0 aromatic rings. The van der Waals surface area contributed by atoms with Crippen LogP contribution in [0.4, 0.5) is 0 Å². The number of esters is 1. The smallest absolute Gasteiger partial charge is 0.306 e. The van der Waals surface area contributed by atoms with Crippen molar-refractivity contribution in [2.24, 2.45) is 0 Å². The number of ether oxygens (including phenoxy) is 1. The molecule has 0 aliphatic rings. The molecule has 4 heteroatoms. The van der Waals surface area contributed by atoms with Gasteiger partial charge in [-0.15, -0.1) is 0 Å². The molecule has 0 fully saturated rings. The summed E-state index contributed by atoms with van der Waals surface area (Å²) >= 11 is 0. The van der Waals surface area contributed by atoms with E-state index in [0.29, 0.717) is 6.42 Å². The van der Waals surface area contributed by atoms with Crippen molar-refractivity contribution >= 4 is 11.9 Å². The fraction of sp³-hybridized carbons (Fsp3) is 0.659. The number of rotatable bonds is 32. The fourth-order valence-electron chi connectivity index (χ4n) is 4.95. The number of allylic oxidation sites excluding steroid dienone is 11. The van der Waals surface area contributed by atoms with Crippen LogP contribution >= 0.6 is 0 Å². The highest BCUT2D eigenvalue weighted by Gasteiger charge is 2.11. The summed E-state index contributed by atoms with van der Waals surface area (Å²) in [6, 6.07) is 0. The van der Waals surface area contributed by atoms with E-state index < -0.39 is 5.97 Å². The second-order valence-corrected chi connectivity index (χ2v) is 12.0. The lowest BCUT2D eigenvalue weighted by Gasteiger charge is -2.14. The van der Waals surface area contributed by atoms with E-state index in [1.165, 1.54) is 25.7 Å². The van der Waals surface area contributed by atoms with Gasteiger partial charge in [0.2, 0.25) is 0 Å². The molecule has 0 saturated carbocycles. The summed E-state index contributed by atoms with van der Waals surface area (Å²) in [7, 11) is 0. The van der Waals surface area contributed by atoms with Crippen LogP contribution in [0.3, 0.4) is 0 Å². The average molecular weight is 625 g/mol. The quantitative estimate of drug-likeness (QED) is 0.0459. The van der Waals surface area contributed by atoms with E-state index in [0.717, 1.165) is 116 Å². The molecule has 0 heterocycles. The van der Waals surface area contributed by atoms with Crippen molar-refractivity contribution in [1.29, 1.82) is 0 Å². The molecule has 0 amide bonds. The summed E-state index contributed by atoms with van der Waals surface area (Å²) < 4.78 is 5.88. The molecule has 0 rings (SSSR count). The molecular weight excluding hydrogens is 556 g/mol. The molecule has 0 spiro atoms. The minimum Gasteiger partial charge on any atom is -0.481 e. The third-order valence-electron chi connectivity index (χ3n) is 7.65. The largest absolute Gasteiger partial charge is 0.481 e. The first-order chi connectivity index (χ1) is 22.1. The maximum atomic E-state index is 12.6. The Balaban J connectivity index is 4.20. The highest BCUT2D eigenvalue weighted by Crippen LogP contribution is 2.15. The Labute approximate surface area is 277 Å². The highest BCUT2D eigenvalue weighted by molar-refractivity contribution is 5.69. The van der Waals surface area contributed by atoms with Gasteiger partial charge in [0, 0.05) is 12.8 Å². The summed E-state index contributed by atoms with van der Waals surface area (Å²) in [5.41, 5.74) is 0. The Bertz CT molecular complexity index is 846. The van der Waals surface area contributed by atoms with Gasteiger partial charge in [-0.2, -0.15) is 0 Å². The van der Waals surface area contributed by atoms with Crippen LogP contribution in [-0.2, 0) is 14.3 Å². The lowest BCUT2D eigenvalue weighted by atomic mass is 10.1. The van der Waals surface area contributed by atoms with E-state index in [-0.39, 0.29) is 18.5 Å². The zero-order chi connectivity index (χ0) is 32.9. The minimum atomic E-state index is -0.709. The highest BCUT2D eigenvalue weighted by atomic mass is 16.5. The van der Waals surface area contributed by atoms with Gasteiger partial charge < -0.3 is 9.84 Å². The number of aliphatic carboxylic acids is 1. The van der Waals surface area contributed by atoms with Crippen molar-refractivity contribution in [2.75, 3.05) is 0 Å². The van der Waals surface area contributed by atoms with Gasteiger partial charge in [-0.25, -0.2) is 0 Å². The monoisotopic (exact) mass is 625 g/mol. The molecule has 256 valence electrons. The van der Waals surface area contributed by atoms with E-state index in [2.05, 4.69) is 86.8 Å². The Kier molecular flexibility index (Phi) is 33.8. The van der Waals surface area contributed by atoms with Crippen LogP contribution in [-0.4, -0.2) is 23.1 Å². The van der Waals surface area contributed by atoms with E-state index in [1.54, 1.807) is 0 Å². The summed E-state index contributed by atoms with van der Waals surface area (Å²) in [5, 5.41) is 8.76. The predicted molar refractivity (Wildman–Crippen MR) is 195 cm³/mol. The first-order valence-corrected chi connectivity index (χ1v) is 18.4. The molecule has 0 aromatic carbocycles. The first-order valence-electron chi connectivity index (χ1n) is 18.4. The zero-order valence-electron chi connectivity index (χ0n) is 29.1. The molecule has 0 aliphatic heterocycles. The third-order valence-corrected chi connectivity index (χ3v) is 7.65. The van der Waals surface area contributed by atoms with Gasteiger partial charge in [-0.3, -0.25) is 9.59 Å². The van der Waals surface area contributed by atoms with Crippen LogP contribution in [0.15, 0.2) is 72.9 Å². The third kappa shape index (κ3) is 35.7. The van der Waals surface area contributed by atoms with E-state index in [9.17, 15) is 9.59 Å². The number of unbranched alkanes of at least 4 members (excludes halogenated alkanes) is 13. The number of carbonyl (C=O) groups is 2. The lowest BCUT2D eigenvalue weighted by Crippen LogP contribution is -2.16. The Morgan fingerprint density at radius 1 is 0.533 bits per heavy atom. The van der Waals surface area contributed by atoms with Crippen LogP contribution in [0.2, 0.25) is 0 Å². The Morgan fingerprint density at radius 3 is 1.58 bits per heavy atom. The van der Waals surface area contributed by atoms with Gasteiger partial charge in [0.05, 0.1) is 0 Å². The van der Waals surface area contributed by atoms with Gasteiger partial charge >= 0.3 is 11.9 Å². The molecule has 0 bridgehead atoms. The molecule has 1 N–H and O–H groups in total. The molecule has 1 atom stereocenters. The molecule has 45 heavy (non-hydrogen) atoms. The number of carbonyl (C=O) groups excluding carboxylic acids is 1. The van der Waals surface area contributed by atoms with Crippen LogP contribution in [0.5, 0.6) is 0 Å². The minimum absolute atomic E-state index is 0.0799. The molecule has 0 aliphatic carbocycles. The van der Waals surface area contributed by atoms with E-state index in [4.69, 9.17) is 9.84 Å². The predicted octanol–water partition coefficient (Wildman–Crippen LogP) is 12.7. The molecular formula is C41H68O4. The fourth-order valence-corrected chi connectivity index (χ4v) is 4.95. The number of hydrogen-bond donors (Lipinski definition) is 1. The number of hydrogen-bond acceptors (Lipinski definition) is 3. The van der Waals surface area contributed by atoms with Crippen molar-refractivity contribution < 1.29 is 19.4 Å².